The van der Waals surface area contributed by atoms with E-state index in [9.17, 15) is 13.2 Å². The molecule has 1 aliphatic heterocycles. The van der Waals surface area contributed by atoms with Crippen molar-refractivity contribution >= 4 is 26.8 Å². The second-order valence-corrected chi connectivity index (χ2v) is 9.44. The number of hydrogen-bond acceptors (Lipinski definition) is 3. The van der Waals surface area contributed by atoms with Crippen LogP contribution in [0.15, 0.2) is 53.4 Å². The van der Waals surface area contributed by atoms with E-state index in [2.05, 4.69) is 16.7 Å². The summed E-state index contributed by atoms with van der Waals surface area (Å²) in [6.07, 6.45) is 0.815. The van der Waals surface area contributed by atoms with E-state index in [4.69, 9.17) is 0 Å². The number of sulfonamides is 1. The SMILES string of the molecule is CN(C)S(=O)(=O)c1ccc(C(=O)N2CCc3c(n(C)c4ccccc34)C2)cc1. The first-order valence-corrected chi connectivity index (χ1v) is 10.6. The zero-order chi connectivity index (χ0) is 20.1. The number of para-hydroxylation sites is 1. The van der Waals surface area contributed by atoms with Crippen LogP contribution in [0.25, 0.3) is 10.9 Å². The predicted octanol–water partition coefficient (Wildman–Crippen LogP) is 2.63. The van der Waals surface area contributed by atoms with Crippen molar-refractivity contribution in [3.63, 3.8) is 0 Å². The average molecular weight is 398 g/mol. The van der Waals surface area contributed by atoms with E-state index in [0.717, 1.165) is 16.4 Å². The molecule has 28 heavy (non-hydrogen) atoms. The molecule has 0 spiro atoms. The van der Waals surface area contributed by atoms with Crippen LogP contribution in [0.5, 0.6) is 0 Å². The number of rotatable bonds is 3. The summed E-state index contributed by atoms with van der Waals surface area (Å²) < 4.78 is 27.7. The second kappa shape index (κ2) is 6.76. The van der Waals surface area contributed by atoms with Crippen LogP contribution in [-0.2, 0) is 30.0 Å². The lowest BCUT2D eigenvalue weighted by Crippen LogP contribution is -2.36. The quantitative estimate of drug-likeness (QED) is 0.683. The van der Waals surface area contributed by atoms with Crippen LogP contribution in [0, 0.1) is 0 Å². The molecular formula is C21H23N3O3S. The Morgan fingerprint density at radius 2 is 1.71 bits per heavy atom. The molecule has 1 aliphatic rings. The van der Waals surface area contributed by atoms with E-state index < -0.39 is 10.0 Å². The van der Waals surface area contributed by atoms with Gasteiger partial charge < -0.3 is 9.47 Å². The lowest BCUT2D eigenvalue weighted by atomic mass is 10.0. The first kappa shape index (κ1) is 18.7. The van der Waals surface area contributed by atoms with Crippen molar-refractivity contribution < 1.29 is 13.2 Å². The van der Waals surface area contributed by atoms with Crippen molar-refractivity contribution in [2.24, 2.45) is 7.05 Å². The molecule has 2 aromatic carbocycles. The van der Waals surface area contributed by atoms with Crippen molar-refractivity contribution in [1.82, 2.24) is 13.8 Å². The summed E-state index contributed by atoms with van der Waals surface area (Å²) >= 11 is 0. The van der Waals surface area contributed by atoms with Gasteiger partial charge in [0.05, 0.1) is 11.4 Å². The average Bonchev–Trinajstić information content (AvgIpc) is 2.99. The molecule has 3 aromatic rings. The minimum Gasteiger partial charge on any atom is -0.346 e. The molecule has 1 aromatic heterocycles. The Morgan fingerprint density at radius 3 is 2.39 bits per heavy atom. The van der Waals surface area contributed by atoms with Gasteiger partial charge in [0.15, 0.2) is 0 Å². The Balaban J connectivity index is 1.60. The third-order valence-electron chi connectivity index (χ3n) is 5.48. The van der Waals surface area contributed by atoms with Crippen LogP contribution in [0.1, 0.15) is 21.6 Å². The monoisotopic (exact) mass is 397 g/mol. The third kappa shape index (κ3) is 2.91. The molecule has 0 saturated heterocycles. The zero-order valence-electron chi connectivity index (χ0n) is 16.2. The number of fused-ring (bicyclic) bond motifs is 3. The van der Waals surface area contributed by atoms with Crippen molar-refractivity contribution in [1.29, 1.82) is 0 Å². The Bertz CT molecular complexity index is 1160. The molecule has 0 aliphatic carbocycles. The summed E-state index contributed by atoms with van der Waals surface area (Å²) in [6.45, 7) is 1.20. The maximum Gasteiger partial charge on any atom is 0.254 e. The Hall–Kier alpha value is -2.64. The molecule has 1 amide bonds. The molecule has 6 nitrogen and oxygen atoms in total. The van der Waals surface area contributed by atoms with Gasteiger partial charge in [-0.15, -0.1) is 0 Å². The summed E-state index contributed by atoms with van der Waals surface area (Å²) in [5.74, 6) is -0.0790. The molecule has 0 unspecified atom stereocenters. The molecule has 0 N–H and O–H groups in total. The van der Waals surface area contributed by atoms with Gasteiger partial charge in [-0.2, -0.15) is 0 Å². The van der Waals surface area contributed by atoms with E-state index in [0.29, 0.717) is 18.7 Å². The molecule has 2 heterocycles. The summed E-state index contributed by atoms with van der Waals surface area (Å²) in [7, 11) is 1.52. The molecule has 4 rings (SSSR count). The highest BCUT2D eigenvalue weighted by atomic mass is 32.2. The summed E-state index contributed by atoms with van der Waals surface area (Å²) in [5.41, 5.74) is 4.15. The van der Waals surface area contributed by atoms with E-state index in [-0.39, 0.29) is 10.8 Å². The first-order chi connectivity index (χ1) is 13.3. The van der Waals surface area contributed by atoms with Crippen LogP contribution in [0.3, 0.4) is 0 Å². The van der Waals surface area contributed by atoms with Gasteiger partial charge in [-0.1, -0.05) is 18.2 Å². The van der Waals surface area contributed by atoms with Gasteiger partial charge in [0.2, 0.25) is 10.0 Å². The Labute approximate surface area is 165 Å². The number of hydrogen-bond donors (Lipinski definition) is 0. The fraction of sp³-hybridized carbons (Fsp3) is 0.286. The Morgan fingerprint density at radius 1 is 1.04 bits per heavy atom. The van der Waals surface area contributed by atoms with Gasteiger partial charge in [0, 0.05) is 49.8 Å². The standard InChI is InChI=1S/C21H23N3O3S/c1-22(2)28(26,27)16-10-8-15(9-11-16)21(25)24-13-12-18-17-6-4-5-7-19(17)23(3)20(18)14-24/h4-11H,12-14H2,1-3H3. The highest BCUT2D eigenvalue weighted by Gasteiger charge is 2.26. The number of amides is 1. The molecule has 146 valence electrons. The number of carbonyl (C=O) groups excluding carboxylic acids is 1. The van der Waals surface area contributed by atoms with Gasteiger partial charge in [-0.3, -0.25) is 4.79 Å². The van der Waals surface area contributed by atoms with Crippen LogP contribution in [0.2, 0.25) is 0 Å². The maximum atomic E-state index is 13.0. The fourth-order valence-electron chi connectivity index (χ4n) is 3.85. The number of aryl methyl sites for hydroxylation is 1. The topological polar surface area (TPSA) is 62.6 Å². The highest BCUT2D eigenvalue weighted by Crippen LogP contribution is 2.30. The molecule has 0 atom stereocenters. The minimum atomic E-state index is -3.50. The third-order valence-corrected chi connectivity index (χ3v) is 7.31. The largest absolute Gasteiger partial charge is 0.346 e. The van der Waals surface area contributed by atoms with E-state index >= 15 is 0 Å². The van der Waals surface area contributed by atoms with Crippen LogP contribution in [-0.4, -0.2) is 48.7 Å². The van der Waals surface area contributed by atoms with Crippen molar-refractivity contribution in [2.45, 2.75) is 17.9 Å². The summed E-state index contributed by atoms with van der Waals surface area (Å²) in [5, 5.41) is 1.25. The fourth-order valence-corrected chi connectivity index (χ4v) is 4.75. The minimum absolute atomic E-state index is 0.0790. The summed E-state index contributed by atoms with van der Waals surface area (Å²) in [4.78, 5) is 15.0. The molecule has 0 radical (unpaired) electrons. The second-order valence-electron chi connectivity index (χ2n) is 7.29. The molecule has 0 saturated carbocycles. The summed E-state index contributed by atoms with van der Waals surface area (Å²) in [6, 6.07) is 14.5. The number of aromatic nitrogens is 1. The van der Waals surface area contributed by atoms with Crippen LogP contribution >= 0.6 is 0 Å². The van der Waals surface area contributed by atoms with Crippen molar-refractivity contribution in [2.75, 3.05) is 20.6 Å². The maximum absolute atomic E-state index is 13.0. The van der Waals surface area contributed by atoms with E-state index in [1.807, 2.05) is 24.1 Å². The van der Waals surface area contributed by atoms with Gasteiger partial charge in [0.1, 0.15) is 0 Å². The highest BCUT2D eigenvalue weighted by molar-refractivity contribution is 7.89. The number of benzene rings is 2. The van der Waals surface area contributed by atoms with Gasteiger partial charge in [-0.05, 0) is 42.3 Å². The van der Waals surface area contributed by atoms with Gasteiger partial charge in [-0.25, -0.2) is 12.7 Å². The molecule has 0 bridgehead atoms. The van der Waals surface area contributed by atoms with Crippen LogP contribution in [0.4, 0.5) is 0 Å². The van der Waals surface area contributed by atoms with Gasteiger partial charge in [0.25, 0.3) is 5.91 Å². The Kier molecular flexibility index (Phi) is 4.51. The lowest BCUT2D eigenvalue weighted by Gasteiger charge is -2.28. The van der Waals surface area contributed by atoms with E-state index in [1.54, 1.807) is 12.1 Å². The van der Waals surface area contributed by atoms with Crippen molar-refractivity contribution in [3.05, 3.63) is 65.4 Å². The number of carbonyl (C=O) groups is 1. The van der Waals surface area contributed by atoms with Crippen molar-refractivity contribution in [3.8, 4) is 0 Å². The lowest BCUT2D eigenvalue weighted by molar-refractivity contribution is 0.0731. The predicted molar refractivity (Wildman–Crippen MR) is 109 cm³/mol. The molecule has 7 heteroatoms. The van der Waals surface area contributed by atoms with Crippen LogP contribution < -0.4 is 0 Å². The smallest absolute Gasteiger partial charge is 0.254 e. The van der Waals surface area contributed by atoms with Gasteiger partial charge >= 0.3 is 0 Å². The molecular weight excluding hydrogens is 374 g/mol. The normalized spacial score (nSPS) is 14.5. The van der Waals surface area contributed by atoms with E-state index in [1.165, 1.54) is 42.7 Å². The zero-order valence-corrected chi connectivity index (χ0v) is 17.0. The first-order valence-electron chi connectivity index (χ1n) is 9.17. The number of nitrogens with zero attached hydrogens (tertiary/aromatic N) is 3. The molecule has 0 fully saturated rings.